The van der Waals surface area contributed by atoms with Gasteiger partial charge in [0.15, 0.2) is 11.6 Å². The molecular formula is C16H13F2N5. The Kier molecular flexibility index (Phi) is 3.84. The normalized spacial score (nSPS) is 10.7. The number of nitrogen functional groups attached to an aromatic ring is 1. The van der Waals surface area contributed by atoms with Crippen LogP contribution < -0.4 is 5.73 Å². The monoisotopic (exact) mass is 313 g/mol. The lowest BCUT2D eigenvalue weighted by molar-refractivity contribution is 0.492. The van der Waals surface area contributed by atoms with Crippen molar-refractivity contribution >= 4 is 5.84 Å². The van der Waals surface area contributed by atoms with Crippen LogP contribution in [0, 0.1) is 17.0 Å². The van der Waals surface area contributed by atoms with Crippen molar-refractivity contribution in [1.82, 2.24) is 14.8 Å². The van der Waals surface area contributed by atoms with Crippen LogP contribution in [0.4, 0.5) is 8.78 Å². The van der Waals surface area contributed by atoms with Crippen molar-refractivity contribution in [3.63, 3.8) is 0 Å². The molecular weight excluding hydrogens is 300 g/mol. The summed E-state index contributed by atoms with van der Waals surface area (Å²) in [5.74, 6) is -1.89. The Labute approximate surface area is 130 Å². The molecule has 0 spiro atoms. The van der Waals surface area contributed by atoms with Gasteiger partial charge in [-0.3, -0.25) is 15.1 Å². The van der Waals surface area contributed by atoms with Gasteiger partial charge in [-0.2, -0.15) is 5.10 Å². The van der Waals surface area contributed by atoms with E-state index in [9.17, 15) is 8.78 Å². The first-order chi connectivity index (χ1) is 11.1. The van der Waals surface area contributed by atoms with E-state index in [-0.39, 0.29) is 17.9 Å². The van der Waals surface area contributed by atoms with Gasteiger partial charge in [-0.1, -0.05) is 12.1 Å². The number of nitrogens with zero attached hydrogens (tertiary/aromatic N) is 3. The molecule has 0 amide bonds. The van der Waals surface area contributed by atoms with E-state index in [1.54, 1.807) is 30.6 Å². The maximum Gasteiger partial charge on any atom is 0.163 e. The predicted molar refractivity (Wildman–Crippen MR) is 81.9 cm³/mol. The first-order valence-electron chi connectivity index (χ1n) is 6.82. The van der Waals surface area contributed by atoms with Crippen LogP contribution >= 0.6 is 0 Å². The lowest BCUT2D eigenvalue weighted by atomic mass is 10.1. The number of halogens is 2. The van der Waals surface area contributed by atoms with E-state index in [4.69, 9.17) is 11.1 Å². The van der Waals surface area contributed by atoms with Gasteiger partial charge in [0.2, 0.25) is 0 Å². The lowest BCUT2D eigenvalue weighted by Crippen LogP contribution is -2.13. The molecule has 1 aromatic carbocycles. The molecule has 0 bridgehead atoms. The SMILES string of the molecule is N=C(N)c1cccnc1-c1ccn(Cc2cccc(F)c2F)n1. The molecule has 0 atom stereocenters. The fourth-order valence-electron chi connectivity index (χ4n) is 2.25. The summed E-state index contributed by atoms with van der Waals surface area (Å²) in [5, 5.41) is 11.9. The smallest absolute Gasteiger partial charge is 0.163 e. The Hall–Kier alpha value is -3.09. The number of hydrogen-bond donors (Lipinski definition) is 2. The molecule has 0 aliphatic carbocycles. The van der Waals surface area contributed by atoms with Crippen LogP contribution in [0.5, 0.6) is 0 Å². The van der Waals surface area contributed by atoms with Gasteiger partial charge in [-0.25, -0.2) is 8.78 Å². The lowest BCUT2D eigenvalue weighted by Gasteiger charge is -2.05. The van der Waals surface area contributed by atoms with Crippen molar-refractivity contribution in [2.24, 2.45) is 5.73 Å². The van der Waals surface area contributed by atoms with E-state index in [2.05, 4.69) is 10.1 Å². The standard InChI is InChI=1S/C16H13F2N5/c17-12-5-1-3-10(14(12)18)9-23-8-6-13(22-23)15-11(16(19)20)4-2-7-21-15/h1-8H,9H2,(H3,19,20). The molecule has 3 aromatic rings. The zero-order chi connectivity index (χ0) is 16.4. The molecule has 0 aliphatic heterocycles. The second kappa shape index (κ2) is 5.96. The van der Waals surface area contributed by atoms with Gasteiger partial charge in [0, 0.05) is 23.5 Å². The van der Waals surface area contributed by atoms with Crippen LogP contribution in [0.1, 0.15) is 11.1 Å². The summed E-state index contributed by atoms with van der Waals surface area (Å²) in [5.41, 5.74) is 7.18. The number of rotatable bonds is 4. The zero-order valence-electron chi connectivity index (χ0n) is 12.0. The number of amidine groups is 1. The highest BCUT2D eigenvalue weighted by molar-refractivity contribution is 6.00. The Balaban J connectivity index is 1.93. The van der Waals surface area contributed by atoms with E-state index in [0.717, 1.165) is 6.07 Å². The Morgan fingerprint density at radius 1 is 1.17 bits per heavy atom. The average molecular weight is 313 g/mol. The van der Waals surface area contributed by atoms with Crippen molar-refractivity contribution < 1.29 is 8.78 Å². The average Bonchev–Trinajstić information content (AvgIpc) is 3.00. The third-order valence-corrected chi connectivity index (χ3v) is 3.35. The van der Waals surface area contributed by atoms with Crippen LogP contribution in [0.3, 0.4) is 0 Å². The Bertz CT molecular complexity index is 872. The van der Waals surface area contributed by atoms with Crippen molar-refractivity contribution in [3.8, 4) is 11.4 Å². The topological polar surface area (TPSA) is 80.6 Å². The quantitative estimate of drug-likeness (QED) is 0.574. The second-order valence-electron chi connectivity index (χ2n) is 4.92. The third kappa shape index (κ3) is 2.94. The van der Waals surface area contributed by atoms with Crippen molar-refractivity contribution in [1.29, 1.82) is 5.41 Å². The number of nitrogens with two attached hydrogens (primary N) is 1. The highest BCUT2D eigenvalue weighted by atomic mass is 19.2. The molecule has 23 heavy (non-hydrogen) atoms. The van der Waals surface area contributed by atoms with Gasteiger partial charge in [-0.15, -0.1) is 0 Å². The molecule has 0 saturated carbocycles. The molecule has 3 N–H and O–H groups in total. The van der Waals surface area contributed by atoms with Crippen LogP contribution in [0.25, 0.3) is 11.4 Å². The van der Waals surface area contributed by atoms with Gasteiger partial charge >= 0.3 is 0 Å². The highest BCUT2D eigenvalue weighted by Gasteiger charge is 2.13. The summed E-state index contributed by atoms with van der Waals surface area (Å²) in [4.78, 5) is 4.19. The van der Waals surface area contributed by atoms with Crippen LogP contribution in [-0.2, 0) is 6.54 Å². The third-order valence-electron chi connectivity index (χ3n) is 3.35. The summed E-state index contributed by atoms with van der Waals surface area (Å²) in [6, 6.07) is 9.06. The summed E-state index contributed by atoms with van der Waals surface area (Å²) >= 11 is 0. The minimum Gasteiger partial charge on any atom is -0.384 e. The molecule has 5 nitrogen and oxygen atoms in total. The molecule has 0 radical (unpaired) electrons. The fourth-order valence-corrected chi connectivity index (χ4v) is 2.25. The second-order valence-corrected chi connectivity index (χ2v) is 4.92. The highest BCUT2D eigenvalue weighted by Crippen LogP contribution is 2.19. The first-order valence-corrected chi connectivity index (χ1v) is 6.82. The molecule has 0 saturated heterocycles. The first kappa shape index (κ1) is 14.8. The van der Waals surface area contributed by atoms with Crippen molar-refractivity contribution in [2.45, 2.75) is 6.54 Å². The maximum absolute atomic E-state index is 13.7. The predicted octanol–water partition coefficient (Wildman–Crippen LogP) is 2.56. The van der Waals surface area contributed by atoms with E-state index >= 15 is 0 Å². The molecule has 7 heteroatoms. The minimum absolute atomic E-state index is 0.0891. The number of benzene rings is 1. The van der Waals surface area contributed by atoms with Gasteiger partial charge in [-0.05, 0) is 24.3 Å². The van der Waals surface area contributed by atoms with Gasteiger partial charge in [0.05, 0.1) is 6.54 Å². The van der Waals surface area contributed by atoms with Crippen molar-refractivity contribution in [3.05, 3.63) is 71.6 Å². The molecule has 116 valence electrons. The van der Waals surface area contributed by atoms with Crippen LogP contribution in [-0.4, -0.2) is 20.6 Å². The molecule has 0 fully saturated rings. The summed E-state index contributed by atoms with van der Waals surface area (Å²) < 4.78 is 28.4. The van der Waals surface area contributed by atoms with E-state index in [0.29, 0.717) is 17.0 Å². The maximum atomic E-state index is 13.7. The summed E-state index contributed by atoms with van der Waals surface area (Å²) in [7, 11) is 0. The Morgan fingerprint density at radius 2 is 2.00 bits per heavy atom. The van der Waals surface area contributed by atoms with E-state index in [1.165, 1.54) is 16.8 Å². The number of hydrogen-bond acceptors (Lipinski definition) is 3. The summed E-state index contributed by atoms with van der Waals surface area (Å²) in [6.45, 7) is 0.0891. The zero-order valence-corrected chi connectivity index (χ0v) is 12.0. The van der Waals surface area contributed by atoms with Gasteiger partial charge in [0.25, 0.3) is 0 Å². The number of pyridine rings is 1. The number of nitrogens with one attached hydrogen (secondary N) is 1. The fraction of sp³-hybridized carbons (Fsp3) is 0.0625. The molecule has 2 aromatic heterocycles. The van der Waals surface area contributed by atoms with Crippen LogP contribution in [0.15, 0.2) is 48.8 Å². The van der Waals surface area contributed by atoms with Crippen LogP contribution in [0.2, 0.25) is 0 Å². The number of aromatic nitrogens is 3. The summed E-state index contributed by atoms with van der Waals surface area (Å²) in [6.07, 6.45) is 3.21. The largest absolute Gasteiger partial charge is 0.384 e. The van der Waals surface area contributed by atoms with Crippen molar-refractivity contribution in [2.75, 3.05) is 0 Å². The van der Waals surface area contributed by atoms with E-state index < -0.39 is 11.6 Å². The minimum atomic E-state index is -0.890. The van der Waals surface area contributed by atoms with Gasteiger partial charge < -0.3 is 5.73 Å². The Morgan fingerprint density at radius 3 is 2.78 bits per heavy atom. The molecule has 0 aliphatic rings. The molecule has 2 heterocycles. The van der Waals surface area contributed by atoms with E-state index in [1.807, 2.05) is 0 Å². The van der Waals surface area contributed by atoms with Gasteiger partial charge in [0.1, 0.15) is 17.2 Å². The molecule has 0 unspecified atom stereocenters. The molecule has 3 rings (SSSR count).